The second-order valence-corrected chi connectivity index (χ2v) is 3.03. The molecule has 92 valence electrons. The number of amides is 1. The molecule has 1 N–H and O–H groups in total. The minimum absolute atomic E-state index is 0.867. The lowest BCUT2D eigenvalue weighted by Crippen LogP contribution is -2.50. The predicted molar refractivity (Wildman–Crippen MR) is 53.0 cm³/mol. The average molecular weight is 254 g/mol. The third-order valence-corrected chi connectivity index (χ3v) is 2.06. The molecule has 0 rings (SSSR count). The van der Waals surface area contributed by atoms with Crippen LogP contribution < -0.4 is 5.32 Å². The summed E-state index contributed by atoms with van der Waals surface area (Å²) in [5.41, 5.74) is 0. The first-order valence-corrected chi connectivity index (χ1v) is 4.55. The van der Waals surface area contributed by atoms with Gasteiger partial charge in [0.05, 0.1) is 21.3 Å². The summed E-state index contributed by atoms with van der Waals surface area (Å²) in [4.78, 5) is 33.2. The SMILES string of the molecule is COC(=O)N[C@@H](C(=O)OC)[C@H](Cl)C(=O)OC. The molecule has 0 bridgehead atoms. The van der Waals surface area contributed by atoms with Crippen molar-refractivity contribution in [1.29, 1.82) is 0 Å². The number of nitrogens with one attached hydrogen (secondary N) is 1. The zero-order valence-electron chi connectivity index (χ0n) is 8.98. The maximum atomic E-state index is 11.2. The fraction of sp³-hybridized carbons (Fsp3) is 0.625. The molecule has 0 radical (unpaired) electrons. The molecule has 1 amide bonds. The van der Waals surface area contributed by atoms with Crippen molar-refractivity contribution < 1.29 is 28.6 Å². The van der Waals surface area contributed by atoms with Crippen LogP contribution in [0.25, 0.3) is 0 Å². The van der Waals surface area contributed by atoms with E-state index in [0.717, 1.165) is 21.3 Å². The van der Waals surface area contributed by atoms with Crippen LogP contribution in [0.15, 0.2) is 0 Å². The van der Waals surface area contributed by atoms with E-state index in [9.17, 15) is 14.4 Å². The molecular formula is C8H12ClNO6. The van der Waals surface area contributed by atoms with Crippen molar-refractivity contribution in [3.63, 3.8) is 0 Å². The van der Waals surface area contributed by atoms with E-state index in [2.05, 4.69) is 19.5 Å². The molecule has 0 aliphatic rings. The number of alkyl halides is 1. The lowest BCUT2D eigenvalue weighted by molar-refractivity contribution is -0.149. The van der Waals surface area contributed by atoms with Gasteiger partial charge >= 0.3 is 18.0 Å². The first-order chi connectivity index (χ1) is 7.47. The number of alkyl carbamates (subject to hydrolysis) is 1. The van der Waals surface area contributed by atoms with E-state index in [-0.39, 0.29) is 0 Å². The second-order valence-electron chi connectivity index (χ2n) is 2.56. The number of hydrogen-bond acceptors (Lipinski definition) is 6. The summed E-state index contributed by atoms with van der Waals surface area (Å²) in [6.07, 6.45) is -0.912. The Kier molecular flexibility index (Phi) is 6.24. The molecule has 0 saturated heterocycles. The van der Waals surface area contributed by atoms with E-state index in [1.165, 1.54) is 0 Å². The van der Waals surface area contributed by atoms with Crippen LogP contribution in [0.1, 0.15) is 0 Å². The molecule has 0 aliphatic carbocycles. The van der Waals surface area contributed by atoms with Crippen LogP contribution in [0.2, 0.25) is 0 Å². The maximum absolute atomic E-state index is 11.2. The normalized spacial score (nSPS) is 13.2. The lowest BCUT2D eigenvalue weighted by Gasteiger charge is -2.18. The van der Waals surface area contributed by atoms with Crippen molar-refractivity contribution in [2.24, 2.45) is 0 Å². The number of hydrogen-bond donors (Lipinski definition) is 1. The first kappa shape index (κ1) is 14.5. The quantitative estimate of drug-likeness (QED) is 0.419. The zero-order valence-corrected chi connectivity index (χ0v) is 9.74. The van der Waals surface area contributed by atoms with E-state index in [1.54, 1.807) is 0 Å². The third-order valence-electron chi connectivity index (χ3n) is 1.63. The van der Waals surface area contributed by atoms with Crippen LogP contribution in [-0.4, -0.2) is 50.8 Å². The average Bonchev–Trinajstić information content (AvgIpc) is 2.32. The van der Waals surface area contributed by atoms with Crippen molar-refractivity contribution in [1.82, 2.24) is 5.32 Å². The highest BCUT2D eigenvalue weighted by molar-refractivity contribution is 6.32. The summed E-state index contributed by atoms with van der Waals surface area (Å²) in [5.74, 6) is -1.75. The van der Waals surface area contributed by atoms with Gasteiger partial charge in [0.25, 0.3) is 0 Å². The Morgan fingerprint density at radius 3 is 1.88 bits per heavy atom. The zero-order chi connectivity index (χ0) is 12.7. The lowest BCUT2D eigenvalue weighted by atomic mass is 10.2. The summed E-state index contributed by atoms with van der Waals surface area (Å²) in [5, 5.41) is 0.672. The molecule has 0 aliphatic heterocycles. The molecule has 0 heterocycles. The molecular weight excluding hydrogens is 242 g/mol. The number of methoxy groups -OCH3 is 3. The molecule has 7 nitrogen and oxygen atoms in total. The van der Waals surface area contributed by atoms with Gasteiger partial charge in [0.15, 0.2) is 11.4 Å². The molecule has 0 spiro atoms. The molecule has 0 aromatic rings. The summed E-state index contributed by atoms with van der Waals surface area (Å²) in [7, 11) is 3.30. The number of carbonyl (C=O) groups excluding carboxylic acids is 3. The topological polar surface area (TPSA) is 90.9 Å². The molecule has 0 saturated carbocycles. The van der Waals surface area contributed by atoms with Crippen LogP contribution in [0.4, 0.5) is 4.79 Å². The van der Waals surface area contributed by atoms with E-state index < -0.39 is 29.5 Å². The highest BCUT2D eigenvalue weighted by Gasteiger charge is 2.35. The Morgan fingerprint density at radius 2 is 1.50 bits per heavy atom. The van der Waals surface area contributed by atoms with Gasteiger partial charge in [-0.2, -0.15) is 0 Å². The van der Waals surface area contributed by atoms with Gasteiger partial charge in [0.2, 0.25) is 0 Å². The van der Waals surface area contributed by atoms with Gasteiger partial charge in [-0.15, -0.1) is 11.6 Å². The number of halogens is 1. The molecule has 0 fully saturated rings. The summed E-state index contributed by atoms with van der Waals surface area (Å²) >= 11 is 5.63. The predicted octanol–water partition coefficient (Wildman–Crippen LogP) is -0.336. The molecule has 16 heavy (non-hydrogen) atoms. The molecule has 2 atom stereocenters. The van der Waals surface area contributed by atoms with Crippen LogP contribution >= 0.6 is 11.6 Å². The van der Waals surface area contributed by atoms with E-state index in [4.69, 9.17) is 11.6 Å². The van der Waals surface area contributed by atoms with Gasteiger partial charge in [-0.05, 0) is 0 Å². The van der Waals surface area contributed by atoms with Crippen LogP contribution in [0, 0.1) is 0 Å². The Balaban J connectivity index is 4.72. The van der Waals surface area contributed by atoms with E-state index in [1.807, 2.05) is 0 Å². The highest BCUT2D eigenvalue weighted by atomic mass is 35.5. The summed E-state index contributed by atoms with van der Waals surface area (Å²) in [6.45, 7) is 0. The van der Waals surface area contributed by atoms with Gasteiger partial charge in [0.1, 0.15) is 0 Å². The Labute approximate surface area is 97.0 Å². The monoisotopic (exact) mass is 253 g/mol. The fourth-order valence-electron chi connectivity index (χ4n) is 0.813. The molecule has 0 aromatic carbocycles. The third kappa shape index (κ3) is 3.93. The number of rotatable bonds is 4. The van der Waals surface area contributed by atoms with Crippen molar-refractivity contribution in [2.45, 2.75) is 11.4 Å². The number of esters is 2. The number of ether oxygens (including phenoxy) is 3. The van der Waals surface area contributed by atoms with Crippen molar-refractivity contribution >= 4 is 29.6 Å². The van der Waals surface area contributed by atoms with Gasteiger partial charge < -0.3 is 19.5 Å². The van der Waals surface area contributed by atoms with Gasteiger partial charge in [-0.1, -0.05) is 0 Å². The minimum atomic E-state index is -1.39. The minimum Gasteiger partial charge on any atom is -0.468 e. The molecule has 0 unspecified atom stereocenters. The highest BCUT2D eigenvalue weighted by Crippen LogP contribution is 2.07. The standard InChI is InChI=1S/C8H12ClNO6/c1-14-6(11)4(9)5(7(12)15-2)10-8(13)16-3/h4-5H,1-3H3,(H,10,13)/t4-,5+/m0/s1. The van der Waals surface area contributed by atoms with Gasteiger partial charge in [0, 0.05) is 0 Å². The van der Waals surface area contributed by atoms with Crippen LogP contribution in [0.5, 0.6) is 0 Å². The smallest absolute Gasteiger partial charge is 0.407 e. The van der Waals surface area contributed by atoms with Gasteiger partial charge in [-0.25, -0.2) is 9.59 Å². The Morgan fingerprint density at radius 1 is 1.00 bits per heavy atom. The van der Waals surface area contributed by atoms with Crippen molar-refractivity contribution in [3.8, 4) is 0 Å². The van der Waals surface area contributed by atoms with Crippen LogP contribution in [0.3, 0.4) is 0 Å². The molecule has 8 heteroatoms. The second kappa shape index (κ2) is 6.89. The largest absolute Gasteiger partial charge is 0.468 e. The number of carbonyl (C=O) groups is 3. The van der Waals surface area contributed by atoms with E-state index in [0.29, 0.717) is 0 Å². The summed E-state index contributed by atoms with van der Waals surface area (Å²) in [6, 6.07) is -1.37. The van der Waals surface area contributed by atoms with Crippen molar-refractivity contribution in [3.05, 3.63) is 0 Å². The maximum Gasteiger partial charge on any atom is 0.407 e. The Hall–Kier alpha value is -1.50. The molecule has 0 aromatic heterocycles. The van der Waals surface area contributed by atoms with E-state index >= 15 is 0 Å². The Bertz CT molecular complexity index is 282. The van der Waals surface area contributed by atoms with Gasteiger partial charge in [-0.3, -0.25) is 4.79 Å². The summed E-state index contributed by atoms with van der Waals surface area (Å²) < 4.78 is 13.0. The van der Waals surface area contributed by atoms with Crippen LogP contribution in [-0.2, 0) is 23.8 Å². The fourth-order valence-corrected chi connectivity index (χ4v) is 1.07. The first-order valence-electron chi connectivity index (χ1n) is 4.12. The van der Waals surface area contributed by atoms with Crippen molar-refractivity contribution in [2.75, 3.05) is 21.3 Å².